The quantitative estimate of drug-likeness (QED) is 0.672. The molecule has 110 valence electrons. The molecule has 1 aromatic carbocycles. The Hall–Kier alpha value is -1.89. The van der Waals surface area contributed by atoms with Crippen LogP contribution in [0.3, 0.4) is 0 Å². The molecule has 8 heteroatoms. The summed E-state index contributed by atoms with van der Waals surface area (Å²) < 4.78 is 18.7. The van der Waals surface area contributed by atoms with E-state index >= 15 is 0 Å². The minimum atomic E-state index is -0.673. The van der Waals surface area contributed by atoms with E-state index in [1.807, 2.05) is 0 Å². The lowest BCUT2D eigenvalue weighted by Crippen LogP contribution is -2.47. The largest absolute Gasteiger partial charge is 0.449 e. The highest BCUT2D eigenvalue weighted by atomic mass is 35.5. The minimum Gasteiger partial charge on any atom is -0.449 e. The molecule has 0 radical (unpaired) electrons. The molecule has 1 N–H and O–H groups in total. The van der Waals surface area contributed by atoms with Gasteiger partial charge >= 0.3 is 6.09 Å². The summed E-state index contributed by atoms with van der Waals surface area (Å²) in [6.07, 6.45) is -0.657. The Morgan fingerprint density at radius 3 is 2.75 bits per heavy atom. The first-order valence-electron chi connectivity index (χ1n) is 5.68. The van der Waals surface area contributed by atoms with Gasteiger partial charge < -0.3 is 10.1 Å². The van der Waals surface area contributed by atoms with E-state index in [2.05, 4.69) is 5.32 Å². The fraction of sp³-hybridized carbons (Fsp3) is 0.417. The third-order valence-corrected chi connectivity index (χ3v) is 3.12. The number of hydrogen-bond donors (Lipinski definition) is 1. The number of carbonyl (C=O) groups excluding carboxylic acids is 1. The molecule has 0 aromatic heterocycles. The predicted molar refractivity (Wildman–Crippen MR) is 71.3 cm³/mol. The summed E-state index contributed by atoms with van der Waals surface area (Å²) in [5.41, 5.74) is -0.687. The summed E-state index contributed by atoms with van der Waals surface area (Å²) in [6.45, 7) is 3.69. The Labute approximate surface area is 120 Å². The van der Waals surface area contributed by atoms with E-state index in [-0.39, 0.29) is 30.3 Å². The summed E-state index contributed by atoms with van der Waals surface area (Å²) in [7, 11) is 0. The van der Waals surface area contributed by atoms with Crippen LogP contribution in [0.1, 0.15) is 25.5 Å². The van der Waals surface area contributed by atoms with Crippen LogP contribution in [0, 0.1) is 21.3 Å². The number of carbonyl (C=O) groups is 1. The zero-order valence-corrected chi connectivity index (χ0v) is 11.7. The van der Waals surface area contributed by atoms with Crippen LogP contribution >= 0.6 is 12.4 Å². The number of cyclic esters (lactones) is 1. The molecule has 0 aliphatic carbocycles. The zero-order valence-electron chi connectivity index (χ0n) is 10.9. The van der Waals surface area contributed by atoms with Crippen LogP contribution < -0.4 is 5.32 Å². The molecule has 0 spiro atoms. The highest BCUT2D eigenvalue weighted by molar-refractivity contribution is 5.85. The molecule has 20 heavy (non-hydrogen) atoms. The van der Waals surface area contributed by atoms with Crippen molar-refractivity contribution in [2.24, 2.45) is 5.41 Å². The number of alkyl carbamates (subject to hydrolysis) is 1. The molecule has 1 amide bonds. The van der Waals surface area contributed by atoms with Gasteiger partial charge in [-0.2, -0.15) is 0 Å². The van der Waals surface area contributed by atoms with Gasteiger partial charge in [0.25, 0.3) is 5.69 Å². The van der Waals surface area contributed by atoms with Crippen molar-refractivity contribution in [2.45, 2.75) is 19.9 Å². The van der Waals surface area contributed by atoms with Gasteiger partial charge in [-0.05, 0) is 6.07 Å². The van der Waals surface area contributed by atoms with Gasteiger partial charge in [-0.3, -0.25) is 10.1 Å². The number of ether oxygens (including phenoxy) is 1. The molecular weight excluding hydrogens is 291 g/mol. The van der Waals surface area contributed by atoms with Crippen LogP contribution in [0.15, 0.2) is 18.2 Å². The van der Waals surface area contributed by atoms with Gasteiger partial charge in [-0.15, -0.1) is 12.4 Å². The van der Waals surface area contributed by atoms with Crippen LogP contribution in [-0.2, 0) is 4.74 Å². The minimum absolute atomic E-state index is 0. The topological polar surface area (TPSA) is 81.5 Å². The third kappa shape index (κ3) is 2.98. The molecule has 0 saturated carbocycles. The average molecular weight is 305 g/mol. The number of nitro groups is 1. The Kier molecular flexibility index (Phi) is 4.54. The smallest absolute Gasteiger partial charge is 0.407 e. The zero-order chi connectivity index (χ0) is 14.2. The maximum Gasteiger partial charge on any atom is 0.407 e. The van der Waals surface area contributed by atoms with Crippen molar-refractivity contribution in [2.75, 3.05) is 6.61 Å². The number of rotatable bonds is 2. The first-order valence-corrected chi connectivity index (χ1v) is 5.68. The van der Waals surface area contributed by atoms with Gasteiger partial charge in [-0.25, -0.2) is 9.18 Å². The van der Waals surface area contributed by atoms with Gasteiger partial charge in [-0.1, -0.05) is 13.8 Å². The van der Waals surface area contributed by atoms with Crippen LogP contribution in [0.2, 0.25) is 0 Å². The molecule has 0 bridgehead atoms. The monoisotopic (exact) mass is 304 g/mol. The lowest BCUT2D eigenvalue weighted by atomic mass is 9.80. The number of benzene rings is 1. The van der Waals surface area contributed by atoms with E-state index in [0.717, 1.165) is 18.2 Å². The third-order valence-electron chi connectivity index (χ3n) is 3.12. The SMILES string of the molecule is CC1(C)COC(=O)N[C@H]1c1cc([N+](=O)[O-])ccc1F.Cl. The Morgan fingerprint density at radius 1 is 1.50 bits per heavy atom. The average Bonchev–Trinajstić information content (AvgIpc) is 2.33. The second kappa shape index (κ2) is 5.62. The normalized spacial score (nSPS) is 20.4. The Morgan fingerprint density at radius 2 is 2.15 bits per heavy atom. The lowest BCUT2D eigenvalue weighted by Gasteiger charge is -2.38. The van der Waals surface area contributed by atoms with Crippen LogP contribution in [0.5, 0.6) is 0 Å². The van der Waals surface area contributed by atoms with Crippen LogP contribution in [0.25, 0.3) is 0 Å². The van der Waals surface area contributed by atoms with Gasteiger partial charge in [0.15, 0.2) is 0 Å². The highest BCUT2D eigenvalue weighted by Crippen LogP contribution is 2.38. The molecule has 6 nitrogen and oxygen atoms in total. The molecule has 0 unspecified atom stereocenters. The summed E-state index contributed by atoms with van der Waals surface area (Å²) >= 11 is 0. The van der Waals surface area contributed by atoms with Crippen molar-refractivity contribution in [3.63, 3.8) is 0 Å². The van der Waals surface area contributed by atoms with E-state index < -0.39 is 28.3 Å². The van der Waals surface area contributed by atoms with Gasteiger partial charge in [0.05, 0.1) is 11.0 Å². The summed E-state index contributed by atoms with van der Waals surface area (Å²) in [6, 6.07) is 2.60. The maximum absolute atomic E-state index is 13.9. The Bertz CT molecular complexity index is 550. The van der Waals surface area contributed by atoms with E-state index in [1.165, 1.54) is 0 Å². The first kappa shape index (κ1) is 16.2. The fourth-order valence-electron chi connectivity index (χ4n) is 2.05. The van der Waals surface area contributed by atoms with Gasteiger partial charge in [0.1, 0.15) is 12.4 Å². The first-order chi connectivity index (χ1) is 8.81. The molecule has 1 fully saturated rings. The summed E-state index contributed by atoms with van der Waals surface area (Å²) in [5.74, 6) is -0.592. The molecule has 1 aliphatic rings. The second-order valence-electron chi connectivity index (χ2n) is 5.10. The number of nitrogens with one attached hydrogen (secondary N) is 1. The van der Waals surface area contributed by atoms with Crippen molar-refractivity contribution in [1.82, 2.24) is 5.32 Å². The van der Waals surface area contributed by atoms with Crippen LogP contribution in [-0.4, -0.2) is 17.6 Å². The molecule has 1 aromatic rings. The molecule has 1 aliphatic heterocycles. The maximum atomic E-state index is 13.9. The number of amides is 1. The summed E-state index contributed by atoms with van der Waals surface area (Å²) in [4.78, 5) is 21.4. The fourth-order valence-corrected chi connectivity index (χ4v) is 2.05. The molecule has 1 saturated heterocycles. The number of halogens is 2. The highest BCUT2D eigenvalue weighted by Gasteiger charge is 2.39. The van der Waals surface area contributed by atoms with Crippen molar-refractivity contribution < 1.29 is 18.8 Å². The number of nitrogens with zero attached hydrogens (tertiary/aromatic N) is 1. The predicted octanol–water partition coefficient (Wildman–Crippen LogP) is 2.96. The molecular formula is C12H14ClFN2O4. The lowest BCUT2D eigenvalue weighted by molar-refractivity contribution is -0.385. The van der Waals surface area contributed by atoms with E-state index in [0.29, 0.717) is 0 Å². The standard InChI is InChI=1S/C12H13FN2O4.ClH/c1-12(2)6-19-11(16)14-10(12)8-5-7(15(17)18)3-4-9(8)13;/h3-5,10H,6H2,1-2H3,(H,14,16);1H/t10-;/m0./s1. The Balaban J connectivity index is 0.00000200. The van der Waals surface area contributed by atoms with E-state index in [1.54, 1.807) is 13.8 Å². The van der Waals surface area contributed by atoms with E-state index in [9.17, 15) is 19.3 Å². The van der Waals surface area contributed by atoms with Crippen molar-refractivity contribution in [3.05, 3.63) is 39.7 Å². The number of hydrogen-bond acceptors (Lipinski definition) is 4. The number of non-ortho nitro benzene ring substituents is 1. The second-order valence-corrected chi connectivity index (χ2v) is 5.10. The molecule has 1 heterocycles. The van der Waals surface area contributed by atoms with Crippen LogP contribution in [0.4, 0.5) is 14.9 Å². The van der Waals surface area contributed by atoms with Crippen molar-refractivity contribution >= 4 is 24.2 Å². The molecule has 1 atom stereocenters. The molecule has 2 rings (SSSR count). The van der Waals surface area contributed by atoms with Gasteiger partial charge in [0, 0.05) is 23.1 Å². The van der Waals surface area contributed by atoms with E-state index in [4.69, 9.17) is 4.74 Å². The van der Waals surface area contributed by atoms with Gasteiger partial charge in [0.2, 0.25) is 0 Å². The number of nitro benzene ring substituents is 1. The van der Waals surface area contributed by atoms with Crippen molar-refractivity contribution in [3.8, 4) is 0 Å². The van der Waals surface area contributed by atoms with Crippen molar-refractivity contribution in [1.29, 1.82) is 0 Å². The summed E-state index contributed by atoms with van der Waals surface area (Å²) in [5, 5.41) is 13.3.